The molecule has 3 rings (SSSR count). The highest BCUT2D eigenvalue weighted by molar-refractivity contribution is 6.31. The van der Waals surface area contributed by atoms with E-state index in [0.29, 0.717) is 16.6 Å². The van der Waals surface area contributed by atoms with Crippen molar-refractivity contribution in [2.45, 2.75) is 19.6 Å². The normalized spacial score (nSPS) is 11.7. The van der Waals surface area contributed by atoms with E-state index in [1.165, 1.54) is 29.2 Å². The van der Waals surface area contributed by atoms with E-state index in [0.717, 1.165) is 5.56 Å². The Morgan fingerprint density at radius 1 is 1.11 bits per heavy atom. The molecule has 0 spiro atoms. The second kappa shape index (κ2) is 8.64. The molecule has 1 unspecified atom stereocenters. The lowest BCUT2D eigenvalue weighted by atomic mass is 10.2. The average molecular weight is 385 g/mol. The van der Waals surface area contributed by atoms with Crippen LogP contribution in [0.2, 0.25) is 5.02 Å². The number of carbonyl (C=O) groups excluding carboxylic acids is 1. The highest BCUT2D eigenvalue weighted by Gasteiger charge is 2.25. The van der Waals surface area contributed by atoms with E-state index in [-0.39, 0.29) is 18.3 Å². The third kappa shape index (κ3) is 4.83. The number of hydrogen-bond acceptors (Lipinski definition) is 3. The van der Waals surface area contributed by atoms with E-state index in [4.69, 9.17) is 16.3 Å². The predicted molar refractivity (Wildman–Crippen MR) is 103 cm³/mol. The lowest BCUT2D eigenvalue weighted by Crippen LogP contribution is -2.40. The fraction of sp³-hybridized carbons (Fsp3) is 0.143. The van der Waals surface area contributed by atoms with Crippen LogP contribution in [0.3, 0.4) is 0 Å². The number of rotatable bonds is 6. The number of hydrogen-bond donors (Lipinski definition) is 0. The fourth-order valence-electron chi connectivity index (χ4n) is 2.57. The van der Waals surface area contributed by atoms with Gasteiger partial charge in [0.15, 0.2) is 6.10 Å². The van der Waals surface area contributed by atoms with Gasteiger partial charge in [0.05, 0.1) is 6.54 Å². The van der Waals surface area contributed by atoms with Crippen molar-refractivity contribution in [2.24, 2.45) is 0 Å². The van der Waals surface area contributed by atoms with Gasteiger partial charge in [-0.25, -0.2) is 9.37 Å². The molecule has 0 aliphatic heterocycles. The van der Waals surface area contributed by atoms with Crippen molar-refractivity contribution in [1.29, 1.82) is 0 Å². The van der Waals surface area contributed by atoms with Crippen LogP contribution in [0.25, 0.3) is 0 Å². The summed E-state index contributed by atoms with van der Waals surface area (Å²) < 4.78 is 18.7. The number of carbonyl (C=O) groups is 1. The summed E-state index contributed by atoms with van der Waals surface area (Å²) in [5.41, 5.74) is 0.798. The molecule has 0 fully saturated rings. The molecule has 3 aromatic rings. The van der Waals surface area contributed by atoms with Crippen molar-refractivity contribution in [1.82, 2.24) is 4.98 Å². The first kappa shape index (κ1) is 18.9. The highest BCUT2D eigenvalue weighted by atomic mass is 35.5. The molecule has 1 heterocycles. The van der Waals surface area contributed by atoms with Crippen molar-refractivity contribution in [3.63, 3.8) is 0 Å². The standard InChI is InChI=1S/C21H18ClFN2O2/c1-15(27-18-11-9-17(23)10-12-18)21(26)25(20-8-4-5-13-24-20)14-16-6-2-3-7-19(16)22/h2-13,15H,14H2,1H3. The van der Waals surface area contributed by atoms with Crippen LogP contribution < -0.4 is 9.64 Å². The van der Waals surface area contributed by atoms with Crippen LogP contribution in [0.4, 0.5) is 10.2 Å². The summed E-state index contributed by atoms with van der Waals surface area (Å²) in [5, 5.41) is 0.568. The van der Waals surface area contributed by atoms with Gasteiger partial charge in [-0.2, -0.15) is 0 Å². The molecule has 138 valence electrons. The third-order valence-electron chi connectivity index (χ3n) is 3.95. The molecule has 0 saturated carbocycles. The number of anilines is 1. The number of nitrogens with zero attached hydrogens (tertiary/aromatic N) is 2. The summed E-state index contributed by atoms with van der Waals surface area (Å²) in [5.74, 6) is 0.265. The Hall–Kier alpha value is -2.92. The Kier molecular flexibility index (Phi) is 6.04. The first-order valence-electron chi connectivity index (χ1n) is 8.42. The van der Waals surface area contributed by atoms with Crippen molar-refractivity contribution in [3.8, 4) is 5.75 Å². The van der Waals surface area contributed by atoms with Crippen LogP contribution in [0, 0.1) is 5.82 Å². The Morgan fingerprint density at radius 2 is 1.81 bits per heavy atom. The first-order valence-corrected chi connectivity index (χ1v) is 8.80. The van der Waals surface area contributed by atoms with Crippen LogP contribution in [0.15, 0.2) is 72.9 Å². The topological polar surface area (TPSA) is 42.4 Å². The van der Waals surface area contributed by atoms with Gasteiger partial charge in [0, 0.05) is 11.2 Å². The number of benzene rings is 2. The molecule has 0 N–H and O–H groups in total. The molecule has 1 atom stereocenters. The number of halogens is 2. The number of aromatic nitrogens is 1. The zero-order valence-corrected chi connectivity index (χ0v) is 15.4. The minimum Gasteiger partial charge on any atom is -0.481 e. The van der Waals surface area contributed by atoms with Gasteiger partial charge in [-0.1, -0.05) is 35.9 Å². The molecule has 4 nitrogen and oxygen atoms in total. The van der Waals surface area contributed by atoms with Gasteiger partial charge < -0.3 is 4.74 Å². The summed E-state index contributed by atoms with van der Waals surface area (Å²) in [6.07, 6.45) is 0.827. The maximum absolute atomic E-state index is 13.1. The SMILES string of the molecule is CC(Oc1ccc(F)cc1)C(=O)N(Cc1ccccc1Cl)c1ccccn1. The van der Waals surface area contributed by atoms with Crippen molar-refractivity contribution < 1.29 is 13.9 Å². The smallest absolute Gasteiger partial charge is 0.269 e. The van der Waals surface area contributed by atoms with Crippen molar-refractivity contribution in [3.05, 3.63) is 89.3 Å². The van der Waals surface area contributed by atoms with Gasteiger partial charge in [0.1, 0.15) is 17.4 Å². The molecular formula is C21H18ClFN2O2. The minimum atomic E-state index is -0.792. The highest BCUT2D eigenvalue weighted by Crippen LogP contribution is 2.22. The Bertz CT molecular complexity index is 904. The Labute approximate surface area is 162 Å². The van der Waals surface area contributed by atoms with Crippen molar-refractivity contribution >= 4 is 23.3 Å². The van der Waals surface area contributed by atoms with E-state index in [2.05, 4.69) is 4.98 Å². The molecule has 27 heavy (non-hydrogen) atoms. The van der Waals surface area contributed by atoms with Crippen LogP contribution in [0.5, 0.6) is 5.75 Å². The Balaban J connectivity index is 1.84. The number of amides is 1. The number of ether oxygens (including phenoxy) is 1. The molecule has 1 aromatic heterocycles. The maximum Gasteiger partial charge on any atom is 0.269 e. The van der Waals surface area contributed by atoms with Gasteiger partial charge in [0.2, 0.25) is 0 Å². The summed E-state index contributed by atoms with van der Waals surface area (Å²) in [4.78, 5) is 18.9. The molecule has 0 aliphatic rings. The Morgan fingerprint density at radius 3 is 2.48 bits per heavy atom. The molecule has 0 bridgehead atoms. The van der Waals surface area contributed by atoms with Crippen LogP contribution >= 0.6 is 11.6 Å². The van der Waals surface area contributed by atoms with E-state index >= 15 is 0 Å². The lowest BCUT2D eigenvalue weighted by molar-refractivity contribution is -0.124. The lowest BCUT2D eigenvalue weighted by Gasteiger charge is -2.26. The summed E-state index contributed by atoms with van der Waals surface area (Å²) >= 11 is 6.26. The van der Waals surface area contributed by atoms with E-state index in [1.807, 2.05) is 18.2 Å². The van der Waals surface area contributed by atoms with Crippen molar-refractivity contribution in [2.75, 3.05) is 4.90 Å². The maximum atomic E-state index is 13.1. The summed E-state index contributed by atoms with van der Waals surface area (Å²) in [6, 6.07) is 18.2. The summed E-state index contributed by atoms with van der Waals surface area (Å²) in [7, 11) is 0. The van der Waals surface area contributed by atoms with Gasteiger partial charge in [-0.3, -0.25) is 9.69 Å². The predicted octanol–water partition coefficient (Wildman–Crippen LogP) is 4.87. The fourth-order valence-corrected chi connectivity index (χ4v) is 2.76. The van der Waals surface area contributed by atoms with E-state index in [1.54, 1.807) is 37.4 Å². The molecule has 1 amide bonds. The monoisotopic (exact) mass is 384 g/mol. The zero-order valence-electron chi connectivity index (χ0n) is 14.7. The zero-order chi connectivity index (χ0) is 19.2. The number of pyridine rings is 1. The van der Waals surface area contributed by atoms with Crippen LogP contribution in [-0.4, -0.2) is 17.0 Å². The van der Waals surface area contributed by atoms with Crippen LogP contribution in [0.1, 0.15) is 12.5 Å². The first-order chi connectivity index (χ1) is 13.0. The molecule has 2 aromatic carbocycles. The van der Waals surface area contributed by atoms with Gasteiger partial charge in [0.25, 0.3) is 5.91 Å². The molecule has 0 saturated heterocycles. The molecular weight excluding hydrogens is 367 g/mol. The van der Waals surface area contributed by atoms with E-state index in [9.17, 15) is 9.18 Å². The minimum absolute atomic E-state index is 0.257. The van der Waals surface area contributed by atoms with Crippen LogP contribution in [-0.2, 0) is 11.3 Å². The largest absolute Gasteiger partial charge is 0.481 e. The second-order valence-corrected chi connectivity index (χ2v) is 6.32. The average Bonchev–Trinajstić information content (AvgIpc) is 2.69. The summed E-state index contributed by atoms with van der Waals surface area (Å²) in [6.45, 7) is 1.90. The quantitative estimate of drug-likeness (QED) is 0.608. The third-order valence-corrected chi connectivity index (χ3v) is 4.32. The second-order valence-electron chi connectivity index (χ2n) is 5.92. The van der Waals surface area contributed by atoms with Gasteiger partial charge in [-0.05, 0) is 55.0 Å². The molecule has 0 aliphatic carbocycles. The molecule has 6 heteroatoms. The van der Waals surface area contributed by atoms with Gasteiger partial charge >= 0.3 is 0 Å². The van der Waals surface area contributed by atoms with E-state index < -0.39 is 6.10 Å². The van der Waals surface area contributed by atoms with Gasteiger partial charge in [-0.15, -0.1) is 0 Å². The molecule has 0 radical (unpaired) electrons.